The number of fused-ring (bicyclic) bond motifs is 3. The van der Waals surface area contributed by atoms with Crippen LogP contribution in [0.3, 0.4) is 0 Å². The molecule has 0 saturated carbocycles. The molecule has 3 aromatic carbocycles. The highest BCUT2D eigenvalue weighted by molar-refractivity contribution is 6.72. The Morgan fingerprint density at radius 2 is 1.84 bits per heavy atom. The molecule has 0 aromatic heterocycles. The van der Waals surface area contributed by atoms with E-state index in [4.69, 9.17) is 9.47 Å². The van der Waals surface area contributed by atoms with Crippen molar-refractivity contribution in [2.75, 3.05) is 24.4 Å². The Morgan fingerprint density at radius 3 is 2.51 bits per heavy atom. The van der Waals surface area contributed by atoms with E-state index in [1.54, 1.807) is 67.6 Å². The minimum absolute atomic E-state index is 0.119. The van der Waals surface area contributed by atoms with Gasteiger partial charge in [-0.1, -0.05) is 31.2 Å². The molecule has 3 N–H and O–H groups in total. The van der Waals surface area contributed by atoms with Crippen molar-refractivity contribution in [3.05, 3.63) is 89.0 Å². The van der Waals surface area contributed by atoms with Gasteiger partial charge >= 0.3 is 0 Å². The first-order chi connectivity index (χ1) is 21.5. The lowest BCUT2D eigenvalue weighted by atomic mass is 9.82. The maximum Gasteiger partial charge on any atom is 0.261 e. The fourth-order valence-corrected chi connectivity index (χ4v) is 9.92. The van der Waals surface area contributed by atoms with Crippen molar-refractivity contribution in [2.24, 2.45) is 5.92 Å². The molecule has 6 rings (SSSR count). The average molecular weight is 632 g/mol. The normalized spacial score (nSPS) is 25.5. The van der Waals surface area contributed by atoms with Crippen molar-refractivity contribution in [1.29, 1.82) is 0 Å². The largest absolute Gasteiger partial charge is 0.497 e. The Labute approximate surface area is 262 Å². The summed E-state index contributed by atoms with van der Waals surface area (Å²) in [5.41, 5.74) is 1.81. The van der Waals surface area contributed by atoms with E-state index in [-0.39, 0.29) is 24.8 Å². The molecule has 5 atom stereocenters. The number of carbonyl (C=O) groups excluding carboxylic acids is 3. The highest BCUT2D eigenvalue weighted by Gasteiger charge is 2.65. The topological polar surface area (TPSA) is 117 Å². The number of ether oxygens (including phenoxy) is 2. The number of aliphatic hydroxyl groups excluding tert-OH is 1. The van der Waals surface area contributed by atoms with Crippen molar-refractivity contribution in [3.63, 3.8) is 0 Å². The van der Waals surface area contributed by atoms with Crippen molar-refractivity contribution in [2.45, 2.75) is 62.7 Å². The summed E-state index contributed by atoms with van der Waals surface area (Å²) in [5, 5.41) is 15.9. The second-order valence-electron chi connectivity index (χ2n) is 12.7. The molecule has 0 radical (unpaired) electrons. The molecule has 0 aliphatic carbocycles. The van der Waals surface area contributed by atoms with Gasteiger partial charge in [-0.25, -0.2) is 0 Å². The predicted molar refractivity (Wildman–Crippen MR) is 170 cm³/mol. The number of amides is 3. The molecular weight excluding hydrogens is 593 g/mol. The molecule has 3 aliphatic heterocycles. The number of benzene rings is 3. The molecular formula is C34H38FN3O6Si. The van der Waals surface area contributed by atoms with E-state index in [1.165, 1.54) is 0 Å². The van der Waals surface area contributed by atoms with Gasteiger partial charge in [0, 0.05) is 40.5 Å². The molecule has 3 amide bonds. The summed E-state index contributed by atoms with van der Waals surface area (Å²) in [7, 11) is -1.94. The van der Waals surface area contributed by atoms with Crippen LogP contribution in [0.25, 0.3) is 0 Å². The Morgan fingerprint density at radius 1 is 1.13 bits per heavy atom. The summed E-state index contributed by atoms with van der Waals surface area (Å²) in [6.45, 7) is 5.13. The van der Waals surface area contributed by atoms with E-state index in [1.807, 2.05) is 31.2 Å². The lowest BCUT2D eigenvalue weighted by Crippen LogP contribution is -2.48. The Kier molecular flexibility index (Phi) is 8.04. The monoisotopic (exact) mass is 631 g/mol. The molecule has 0 bridgehead atoms. The van der Waals surface area contributed by atoms with Gasteiger partial charge in [0.1, 0.15) is 5.75 Å². The summed E-state index contributed by atoms with van der Waals surface area (Å²) in [6.07, 6.45) is -0.450. The number of hydrogen-bond donors (Lipinski definition) is 3. The minimum Gasteiger partial charge on any atom is -0.497 e. The average Bonchev–Trinajstić information content (AvgIpc) is 3.48. The number of hydrogen-bond acceptors (Lipinski definition) is 6. The molecule has 1 fully saturated rings. The molecule has 236 valence electrons. The van der Waals surface area contributed by atoms with Crippen LogP contribution >= 0.6 is 0 Å². The summed E-state index contributed by atoms with van der Waals surface area (Å²) >= 11 is 0. The number of halogens is 1. The van der Waals surface area contributed by atoms with E-state index >= 15 is 4.11 Å². The highest BCUT2D eigenvalue weighted by atomic mass is 28.4. The van der Waals surface area contributed by atoms with Gasteiger partial charge in [0.15, 0.2) is 5.60 Å². The number of methoxy groups -OCH3 is 1. The van der Waals surface area contributed by atoms with Gasteiger partial charge in [0.2, 0.25) is 14.3 Å². The van der Waals surface area contributed by atoms with Gasteiger partial charge in [-0.2, -0.15) is 0 Å². The number of carbonyl (C=O) groups is 3. The van der Waals surface area contributed by atoms with E-state index < -0.39 is 43.5 Å². The second-order valence-corrected chi connectivity index (χ2v) is 16.5. The van der Waals surface area contributed by atoms with Crippen molar-refractivity contribution < 1.29 is 33.1 Å². The fraction of sp³-hybridized carbons (Fsp3) is 0.382. The number of nitrogens with zero attached hydrogens (tertiary/aromatic N) is 1. The summed E-state index contributed by atoms with van der Waals surface area (Å²) < 4.78 is 27.9. The lowest BCUT2D eigenvalue weighted by molar-refractivity contribution is -0.149. The van der Waals surface area contributed by atoms with Gasteiger partial charge in [0.05, 0.1) is 32.3 Å². The molecule has 9 nitrogen and oxygen atoms in total. The number of aliphatic hydroxyl groups is 1. The van der Waals surface area contributed by atoms with Crippen LogP contribution in [-0.2, 0) is 32.9 Å². The lowest BCUT2D eigenvalue weighted by Gasteiger charge is -2.37. The number of nitrogens with one attached hydrogen (secondary N) is 2. The van der Waals surface area contributed by atoms with Gasteiger partial charge in [-0.15, -0.1) is 0 Å². The van der Waals surface area contributed by atoms with Gasteiger partial charge in [0.25, 0.3) is 11.8 Å². The zero-order chi connectivity index (χ0) is 32.1. The van der Waals surface area contributed by atoms with Gasteiger partial charge in [-0.3, -0.25) is 14.4 Å². The molecule has 0 unspecified atom stereocenters. The molecule has 1 saturated heterocycles. The van der Waals surface area contributed by atoms with Crippen molar-refractivity contribution in [1.82, 2.24) is 4.90 Å². The van der Waals surface area contributed by atoms with Crippen LogP contribution in [0.15, 0.2) is 66.7 Å². The summed E-state index contributed by atoms with van der Waals surface area (Å²) in [6, 6.07) is 19.2. The van der Waals surface area contributed by atoms with Crippen molar-refractivity contribution >= 4 is 37.5 Å². The number of anilines is 2. The maximum atomic E-state index is 16.2. The van der Waals surface area contributed by atoms with Crippen molar-refractivity contribution in [3.8, 4) is 5.75 Å². The smallest absolute Gasteiger partial charge is 0.261 e. The maximum absolute atomic E-state index is 16.2. The Balaban J connectivity index is 1.29. The van der Waals surface area contributed by atoms with Crippen LogP contribution in [0.4, 0.5) is 15.5 Å². The SMILES string of the molecule is COc1ccc(C(=O)Nc2ccc3c(c2)[C@]2(O[C@@H](CC(=O)N4Cc5ccccc5C[C@H]4CO)[C@H]([Si](C)(C)F)[C@H]2C)C(=O)N3)cc1. The summed E-state index contributed by atoms with van der Waals surface area (Å²) in [5.74, 6) is -0.972. The van der Waals surface area contributed by atoms with Crippen LogP contribution in [-0.4, -0.2) is 62.0 Å². The third-order valence-electron chi connectivity index (χ3n) is 9.59. The fourth-order valence-electron chi connectivity index (χ4n) is 7.42. The predicted octanol–water partition coefficient (Wildman–Crippen LogP) is 5.01. The third-order valence-corrected chi connectivity index (χ3v) is 12.0. The zero-order valence-corrected chi connectivity index (χ0v) is 26.8. The zero-order valence-electron chi connectivity index (χ0n) is 25.8. The first-order valence-corrected chi connectivity index (χ1v) is 18.2. The van der Waals surface area contributed by atoms with Crippen LogP contribution in [0.1, 0.15) is 40.4 Å². The first kappa shape index (κ1) is 30.9. The van der Waals surface area contributed by atoms with E-state index in [0.29, 0.717) is 41.2 Å². The van der Waals surface area contributed by atoms with Crippen LogP contribution < -0.4 is 15.4 Å². The molecule has 1 spiro atoms. The second kappa shape index (κ2) is 11.7. The minimum atomic E-state index is -3.49. The molecule has 3 aliphatic rings. The third kappa shape index (κ3) is 5.42. The quantitative estimate of drug-likeness (QED) is 0.249. The highest BCUT2D eigenvalue weighted by Crippen LogP contribution is 2.59. The molecule has 3 aromatic rings. The summed E-state index contributed by atoms with van der Waals surface area (Å²) in [4.78, 5) is 42.3. The Hall–Kier alpha value is -4.06. The van der Waals surface area contributed by atoms with Crippen LogP contribution in [0.2, 0.25) is 18.6 Å². The van der Waals surface area contributed by atoms with E-state index in [0.717, 1.165) is 11.1 Å². The molecule has 3 heterocycles. The van der Waals surface area contributed by atoms with E-state index in [9.17, 15) is 19.5 Å². The van der Waals surface area contributed by atoms with Gasteiger partial charge < -0.3 is 34.2 Å². The molecule has 11 heteroatoms. The number of rotatable bonds is 7. The van der Waals surface area contributed by atoms with Gasteiger partial charge in [-0.05, 0) is 73.1 Å². The van der Waals surface area contributed by atoms with Crippen LogP contribution in [0.5, 0.6) is 5.75 Å². The Bertz CT molecular complexity index is 1640. The standard InChI is InChI=1S/C34H38FN3O6Si/c1-20-31(45(3,4)35)29(17-30(40)38-18-23-8-6-5-7-22(23)15-25(38)19-39)44-34(20)27-16-24(11-14-28(27)37-33(34)42)36-32(41)21-9-12-26(43-2)13-10-21/h5-14,16,20,25,29,31,39H,15,17-19H2,1-4H3,(H,36,41)(H,37,42)/t20-,25+,29+,31-,34+/m1/s1. The first-order valence-electron chi connectivity index (χ1n) is 15.2. The van der Waals surface area contributed by atoms with E-state index in [2.05, 4.69) is 10.6 Å². The molecule has 45 heavy (non-hydrogen) atoms. The van der Waals surface area contributed by atoms with Crippen LogP contribution in [0, 0.1) is 5.92 Å².